The molecule has 0 fully saturated rings. The molecule has 4 rings (SSSR count). The SMILES string of the molecule is O=C(O)c1c(NC(=O)c2cccc3ccccc23)sc2c1CCCC2. The third kappa shape index (κ3) is 2.81. The van der Waals surface area contributed by atoms with Crippen molar-refractivity contribution < 1.29 is 14.7 Å². The minimum absolute atomic E-state index is 0.266. The predicted molar refractivity (Wildman–Crippen MR) is 99.8 cm³/mol. The summed E-state index contributed by atoms with van der Waals surface area (Å²) >= 11 is 1.41. The molecule has 0 unspecified atom stereocenters. The number of aryl methyl sites for hydroxylation is 1. The first-order valence-corrected chi connectivity index (χ1v) is 9.14. The maximum Gasteiger partial charge on any atom is 0.339 e. The van der Waals surface area contributed by atoms with E-state index in [1.54, 1.807) is 6.07 Å². The zero-order chi connectivity index (χ0) is 17.4. The van der Waals surface area contributed by atoms with Crippen LogP contribution in [-0.4, -0.2) is 17.0 Å². The maximum absolute atomic E-state index is 12.8. The summed E-state index contributed by atoms with van der Waals surface area (Å²) in [6.07, 6.45) is 3.74. The van der Waals surface area contributed by atoms with Gasteiger partial charge in [-0.2, -0.15) is 0 Å². The van der Waals surface area contributed by atoms with Crippen LogP contribution in [0.25, 0.3) is 10.8 Å². The van der Waals surface area contributed by atoms with E-state index in [0.717, 1.165) is 46.9 Å². The average molecular weight is 351 g/mol. The summed E-state index contributed by atoms with van der Waals surface area (Å²) in [7, 11) is 0. The lowest BCUT2D eigenvalue weighted by Crippen LogP contribution is -2.14. The number of thiophene rings is 1. The molecular formula is C20H17NO3S. The van der Waals surface area contributed by atoms with Crippen LogP contribution in [0.4, 0.5) is 5.00 Å². The first-order valence-electron chi connectivity index (χ1n) is 8.32. The minimum atomic E-state index is -0.965. The van der Waals surface area contributed by atoms with Crippen molar-refractivity contribution >= 4 is 39.0 Å². The van der Waals surface area contributed by atoms with Crippen LogP contribution in [0.15, 0.2) is 42.5 Å². The average Bonchev–Trinajstić information content (AvgIpc) is 2.99. The smallest absolute Gasteiger partial charge is 0.339 e. The lowest BCUT2D eigenvalue weighted by molar-refractivity contribution is 0.0697. The summed E-state index contributed by atoms with van der Waals surface area (Å²) in [6, 6.07) is 13.3. The number of fused-ring (bicyclic) bond motifs is 2. The molecule has 4 nitrogen and oxygen atoms in total. The molecule has 1 aliphatic carbocycles. The highest BCUT2D eigenvalue weighted by molar-refractivity contribution is 7.17. The number of carbonyl (C=O) groups excluding carboxylic acids is 1. The van der Waals surface area contributed by atoms with E-state index in [0.29, 0.717) is 10.6 Å². The normalized spacial score (nSPS) is 13.4. The molecule has 1 heterocycles. The number of hydrogen-bond acceptors (Lipinski definition) is 3. The predicted octanol–water partition coefficient (Wildman–Crippen LogP) is 4.73. The second-order valence-corrected chi connectivity index (χ2v) is 7.31. The number of carbonyl (C=O) groups is 2. The fourth-order valence-corrected chi connectivity index (χ4v) is 4.75. The standard InChI is InChI=1S/C20H17NO3S/c22-18(14-10-5-7-12-6-1-2-8-13(12)14)21-19-17(20(23)24)15-9-3-4-11-16(15)25-19/h1-2,5-8,10H,3-4,9,11H2,(H,21,22)(H,23,24). The van der Waals surface area contributed by atoms with Crippen molar-refractivity contribution in [2.45, 2.75) is 25.7 Å². The van der Waals surface area contributed by atoms with Crippen LogP contribution >= 0.6 is 11.3 Å². The van der Waals surface area contributed by atoms with Crippen LogP contribution in [0.3, 0.4) is 0 Å². The van der Waals surface area contributed by atoms with Gasteiger partial charge in [0.15, 0.2) is 0 Å². The summed E-state index contributed by atoms with van der Waals surface area (Å²) < 4.78 is 0. The highest BCUT2D eigenvalue weighted by Crippen LogP contribution is 2.38. The first kappa shape index (κ1) is 15.8. The zero-order valence-electron chi connectivity index (χ0n) is 13.5. The van der Waals surface area contributed by atoms with Gasteiger partial charge in [0.2, 0.25) is 0 Å². The number of nitrogens with one attached hydrogen (secondary N) is 1. The van der Waals surface area contributed by atoms with Gasteiger partial charge in [-0.05, 0) is 48.1 Å². The Morgan fingerprint density at radius 1 is 1.00 bits per heavy atom. The molecule has 1 aromatic heterocycles. The Morgan fingerprint density at radius 2 is 1.76 bits per heavy atom. The van der Waals surface area contributed by atoms with E-state index >= 15 is 0 Å². The first-order chi connectivity index (χ1) is 12.1. The van der Waals surface area contributed by atoms with Crippen LogP contribution in [0.1, 0.15) is 44.0 Å². The van der Waals surface area contributed by atoms with Gasteiger partial charge in [0.05, 0.1) is 5.56 Å². The van der Waals surface area contributed by atoms with Crippen molar-refractivity contribution in [3.8, 4) is 0 Å². The third-order valence-corrected chi connectivity index (χ3v) is 5.85. The number of carboxylic acids is 1. The molecule has 3 aromatic rings. The van der Waals surface area contributed by atoms with E-state index < -0.39 is 5.97 Å². The summed E-state index contributed by atoms with van der Waals surface area (Å²) in [5.41, 5.74) is 1.73. The van der Waals surface area contributed by atoms with Crippen molar-refractivity contribution in [3.63, 3.8) is 0 Å². The van der Waals surface area contributed by atoms with E-state index in [9.17, 15) is 14.7 Å². The van der Waals surface area contributed by atoms with Crippen LogP contribution in [0.2, 0.25) is 0 Å². The summed E-state index contributed by atoms with van der Waals surface area (Å²) in [6.45, 7) is 0. The van der Waals surface area contributed by atoms with Gasteiger partial charge in [-0.15, -0.1) is 11.3 Å². The van der Waals surface area contributed by atoms with Gasteiger partial charge in [-0.25, -0.2) is 4.79 Å². The minimum Gasteiger partial charge on any atom is -0.478 e. The van der Waals surface area contributed by atoms with Gasteiger partial charge in [-0.1, -0.05) is 36.4 Å². The Morgan fingerprint density at radius 3 is 2.60 bits per heavy atom. The van der Waals surface area contributed by atoms with Crippen molar-refractivity contribution in [2.24, 2.45) is 0 Å². The molecule has 0 bridgehead atoms. The number of anilines is 1. The number of rotatable bonds is 3. The van der Waals surface area contributed by atoms with Gasteiger partial charge in [0.1, 0.15) is 5.00 Å². The molecule has 0 saturated heterocycles. The van der Waals surface area contributed by atoms with E-state index in [1.807, 2.05) is 36.4 Å². The molecule has 0 atom stereocenters. The molecule has 1 amide bonds. The van der Waals surface area contributed by atoms with Crippen LogP contribution in [0.5, 0.6) is 0 Å². The van der Waals surface area contributed by atoms with E-state index in [2.05, 4.69) is 5.32 Å². The van der Waals surface area contributed by atoms with E-state index in [-0.39, 0.29) is 11.5 Å². The highest BCUT2D eigenvalue weighted by atomic mass is 32.1. The molecular weight excluding hydrogens is 334 g/mol. The molecule has 25 heavy (non-hydrogen) atoms. The van der Waals surface area contributed by atoms with E-state index in [4.69, 9.17) is 0 Å². The molecule has 0 saturated carbocycles. The highest BCUT2D eigenvalue weighted by Gasteiger charge is 2.26. The van der Waals surface area contributed by atoms with Crippen molar-refractivity contribution in [2.75, 3.05) is 5.32 Å². The molecule has 0 spiro atoms. The van der Waals surface area contributed by atoms with Crippen LogP contribution < -0.4 is 5.32 Å². The lowest BCUT2D eigenvalue weighted by Gasteiger charge is -2.11. The second kappa shape index (κ2) is 6.33. The van der Waals surface area contributed by atoms with E-state index in [1.165, 1.54) is 11.3 Å². The Bertz CT molecular complexity index is 985. The molecule has 2 N–H and O–H groups in total. The summed E-state index contributed by atoms with van der Waals surface area (Å²) in [5, 5.41) is 14.8. The number of hydrogen-bond donors (Lipinski definition) is 2. The Kier molecular flexibility index (Phi) is 4.01. The van der Waals surface area contributed by atoms with Gasteiger partial charge >= 0.3 is 5.97 Å². The maximum atomic E-state index is 12.8. The largest absolute Gasteiger partial charge is 0.478 e. The monoisotopic (exact) mass is 351 g/mol. The molecule has 5 heteroatoms. The Labute approximate surface area is 149 Å². The topological polar surface area (TPSA) is 66.4 Å². The zero-order valence-corrected chi connectivity index (χ0v) is 14.4. The Hall–Kier alpha value is -2.66. The van der Waals surface area contributed by atoms with Gasteiger partial charge in [0.25, 0.3) is 5.91 Å². The summed E-state index contributed by atoms with van der Waals surface area (Å²) in [5.74, 6) is -1.23. The fraction of sp³-hybridized carbons (Fsp3) is 0.200. The molecule has 126 valence electrons. The molecule has 0 aliphatic heterocycles. The van der Waals surface area contributed by atoms with Gasteiger partial charge < -0.3 is 10.4 Å². The quantitative estimate of drug-likeness (QED) is 0.717. The number of amides is 1. The lowest BCUT2D eigenvalue weighted by atomic mass is 9.95. The second-order valence-electron chi connectivity index (χ2n) is 6.20. The summed E-state index contributed by atoms with van der Waals surface area (Å²) in [4.78, 5) is 25.7. The van der Waals surface area contributed by atoms with Crippen molar-refractivity contribution in [3.05, 3.63) is 64.0 Å². The van der Waals surface area contributed by atoms with Gasteiger partial charge in [0, 0.05) is 10.4 Å². The van der Waals surface area contributed by atoms with Crippen LogP contribution in [0, 0.1) is 0 Å². The van der Waals surface area contributed by atoms with Gasteiger partial charge in [-0.3, -0.25) is 4.79 Å². The Balaban J connectivity index is 1.74. The number of benzene rings is 2. The van der Waals surface area contributed by atoms with Crippen molar-refractivity contribution in [1.82, 2.24) is 0 Å². The fourth-order valence-electron chi connectivity index (χ4n) is 3.47. The number of aromatic carboxylic acids is 1. The number of carboxylic acid groups (broad SMARTS) is 1. The van der Waals surface area contributed by atoms with Crippen molar-refractivity contribution in [1.29, 1.82) is 0 Å². The third-order valence-electron chi connectivity index (χ3n) is 4.65. The molecule has 0 radical (unpaired) electrons. The molecule has 1 aliphatic rings. The van der Waals surface area contributed by atoms with Crippen LogP contribution in [-0.2, 0) is 12.8 Å². The molecule has 2 aromatic carbocycles.